The van der Waals surface area contributed by atoms with Gasteiger partial charge in [-0.15, -0.1) is 11.8 Å². The van der Waals surface area contributed by atoms with E-state index in [1.54, 1.807) is 64.1 Å². The summed E-state index contributed by atoms with van der Waals surface area (Å²) in [7, 11) is 0. The number of para-hydroxylation sites is 1. The fourth-order valence-electron chi connectivity index (χ4n) is 10.7. The molecular formula is C61H80N14O17S. The molecule has 0 saturated carbocycles. The molecule has 4 aliphatic rings. The molecule has 1 saturated heterocycles. The summed E-state index contributed by atoms with van der Waals surface area (Å²) in [5, 5.41) is 61.5. The number of benzene rings is 2. The normalized spacial score (nSPS) is 23.7. The Balaban J connectivity index is 1.14. The first-order valence-corrected chi connectivity index (χ1v) is 31.5. The van der Waals surface area contributed by atoms with E-state index in [1.165, 1.54) is 26.0 Å². The number of carbonyl (C=O) groups excluding carboxylic acids is 14. The fourth-order valence-corrected chi connectivity index (χ4v) is 11.9. The van der Waals surface area contributed by atoms with Crippen LogP contribution in [0.1, 0.15) is 78.4 Å². The van der Waals surface area contributed by atoms with Crippen molar-refractivity contribution in [1.82, 2.24) is 68.0 Å². The molecule has 0 aliphatic carbocycles. The summed E-state index contributed by atoms with van der Waals surface area (Å²) in [6.07, 6.45) is -2.30. The van der Waals surface area contributed by atoms with Gasteiger partial charge in [-0.25, -0.2) is 0 Å². The molecule has 1 unspecified atom stereocenters. The van der Waals surface area contributed by atoms with Crippen molar-refractivity contribution in [1.29, 1.82) is 0 Å². The van der Waals surface area contributed by atoms with Gasteiger partial charge < -0.3 is 83.7 Å². The first kappa shape index (κ1) is 71.2. The number of aromatic nitrogens is 1. The summed E-state index contributed by atoms with van der Waals surface area (Å²) in [5.41, 5.74) is 1.68. The number of aliphatic hydroxyl groups excluding tert-OH is 3. The van der Waals surface area contributed by atoms with Gasteiger partial charge in [0.2, 0.25) is 70.9 Å². The van der Waals surface area contributed by atoms with Gasteiger partial charge in [-0.1, -0.05) is 71.4 Å². The maximum Gasteiger partial charge on any atom is 0.253 e. The Morgan fingerprint density at radius 2 is 1.39 bits per heavy atom. The van der Waals surface area contributed by atoms with Crippen molar-refractivity contribution in [2.45, 2.75) is 146 Å². The van der Waals surface area contributed by atoms with Crippen LogP contribution in [0.15, 0.2) is 65.7 Å². The zero-order valence-corrected chi connectivity index (χ0v) is 52.9. The standard InChI is InChI=1S/C61H80N14O17S/c1-7-30(4)51-57(89)64-24-46(81)67-41-28-93-60-37(36-10-8-9-11-38(36)70-60)21-39(54(86)63-25-47(82)72-51)68-59(91)52(31(5)43(78)27-76)73-56(88)42-20-35(77)26-75(42)61(92)40(69-55(41)87)22-45(80)62-23-33-12-14-34(15-13-33)66-53(85)32(6)65-58(90)50(29(2)3)71-44(79)18-19-74-48(83)16-17-49(74)84/h8-17,29-32,35,39-43,50-52,70,76-78H,7,18-28H2,1-6H3,(H,62,80)(H,63,86)(H,64,89)(H,65,90)(H,66,85)(H,67,81)(H,68,91)(H,69,87)(H,71,79)(H,72,82)(H,73,88)/t30-,31-,32-,35+,39+,40?,41-,42-,43-,50-,51-,52-/m0/s1. The average molecular weight is 1310 g/mol. The summed E-state index contributed by atoms with van der Waals surface area (Å²) in [4.78, 5) is 197. The number of anilines is 1. The molecular weight excluding hydrogens is 1230 g/mol. The van der Waals surface area contributed by atoms with Gasteiger partial charge in [0.25, 0.3) is 11.8 Å². The second kappa shape index (κ2) is 32.3. The number of H-pyrrole nitrogens is 1. The van der Waals surface area contributed by atoms with Gasteiger partial charge in [-0.05, 0) is 48.1 Å². The SMILES string of the molecule is CC[C@H](C)[C@@H]1NC(=O)CNC(=O)[C@H]2Cc3c([nH]c4ccccc34)SC[C@H](NC(=O)CNC1=O)C(=O)NC(CC(=O)NCc1ccc(NC(=O)[C@H](C)NC(=O)[C@@H](NC(=O)CCN3C(=O)C=CC3=O)C(C)C)cc1)C(=O)N1C[C@H](O)C[C@H]1C(=O)N[C@@H]([C@@H](C)[C@@H](O)CO)C(=O)N2. The third kappa shape index (κ3) is 18.7. The number of nitrogens with zero attached hydrogens (tertiary/aromatic N) is 2. The van der Waals surface area contributed by atoms with E-state index in [9.17, 15) is 77.6 Å². The zero-order valence-electron chi connectivity index (χ0n) is 52.1. The second-order valence-corrected chi connectivity index (χ2v) is 24.7. The van der Waals surface area contributed by atoms with Gasteiger partial charge in [0.1, 0.15) is 48.3 Å². The summed E-state index contributed by atoms with van der Waals surface area (Å²) in [6.45, 7) is 6.32. The molecule has 14 amide bonds. The quantitative estimate of drug-likeness (QED) is 0.0541. The molecule has 2 aromatic carbocycles. The molecule has 2 bridgehead atoms. The fraction of sp³-hybridized carbons (Fsp3) is 0.508. The minimum atomic E-state index is -1.84. The Morgan fingerprint density at radius 1 is 0.720 bits per heavy atom. The van der Waals surface area contributed by atoms with Gasteiger partial charge in [0, 0.05) is 79.3 Å². The van der Waals surface area contributed by atoms with E-state index < -0.39 is 200 Å². The van der Waals surface area contributed by atoms with Crippen LogP contribution in [-0.2, 0) is 80.1 Å². The van der Waals surface area contributed by atoms with Crippen LogP contribution in [0.4, 0.5) is 5.69 Å². The number of amides is 14. The van der Waals surface area contributed by atoms with E-state index in [4.69, 9.17) is 0 Å². The van der Waals surface area contributed by atoms with Crippen LogP contribution in [0.5, 0.6) is 0 Å². The third-order valence-electron chi connectivity index (χ3n) is 16.5. The molecule has 502 valence electrons. The average Bonchev–Trinajstić information content (AvgIpc) is 1.70. The molecule has 1 fully saturated rings. The number of aromatic amines is 1. The van der Waals surface area contributed by atoms with Crippen LogP contribution in [-0.4, -0.2) is 212 Å². The van der Waals surface area contributed by atoms with Crippen molar-refractivity contribution in [3.8, 4) is 0 Å². The Labute approximate surface area is 538 Å². The number of aliphatic hydroxyl groups is 3. The molecule has 1 aromatic heterocycles. The van der Waals surface area contributed by atoms with Crippen molar-refractivity contribution in [2.75, 3.05) is 43.9 Å². The number of nitrogens with one attached hydrogen (secondary N) is 12. The number of rotatable bonds is 18. The zero-order chi connectivity index (χ0) is 68.0. The highest BCUT2D eigenvalue weighted by molar-refractivity contribution is 7.99. The van der Waals surface area contributed by atoms with E-state index in [0.29, 0.717) is 33.5 Å². The van der Waals surface area contributed by atoms with E-state index in [2.05, 4.69) is 63.5 Å². The van der Waals surface area contributed by atoms with Crippen LogP contribution in [0.2, 0.25) is 0 Å². The van der Waals surface area contributed by atoms with Crippen molar-refractivity contribution < 1.29 is 82.4 Å². The lowest BCUT2D eigenvalue weighted by atomic mass is 9.93. The number of carbonyl (C=O) groups is 14. The first-order valence-electron chi connectivity index (χ1n) is 30.5. The van der Waals surface area contributed by atoms with E-state index in [1.807, 2.05) is 0 Å². The van der Waals surface area contributed by atoms with Crippen LogP contribution in [0, 0.1) is 17.8 Å². The van der Waals surface area contributed by atoms with Crippen molar-refractivity contribution in [2.24, 2.45) is 17.8 Å². The predicted molar refractivity (Wildman–Crippen MR) is 333 cm³/mol. The van der Waals surface area contributed by atoms with Gasteiger partial charge in [-0.3, -0.25) is 72.0 Å². The number of hydrogen-bond acceptors (Lipinski definition) is 18. The van der Waals surface area contributed by atoms with Gasteiger partial charge >= 0.3 is 0 Å². The highest BCUT2D eigenvalue weighted by Crippen LogP contribution is 2.32. The topological polar surface area (TPSA) is 454 Å². The summed E-state index contributed by atoms with van der Waals surface area (Å²) < 4.78 is 0. The Bertz CT molecular complexity index is 3380. The second-order valence-electron chi connectivity index (χ2n) is 23.7. The predicted octanol–water partition coefficient (Wildman–Crippen LogP) is -3.91. The number of thioether (sulfide) groups is 1. The van der Waals surface area contributed by atoms with Crippen molar-refractivity contribution in [3.63, 3.8) is 0 Å². The van der Waals surface area contributed by atoms with Gasteiger partial charge in [0.05, 0.1) is 43.4 Å². The molecule has 15 N–H and O–H groups in total. The lowest BCUT2D eigenvalue weighted by Crippen LogP contribution is -2.62. The maximum atomic E-state index is 15.0. The molecule has 7 rings (SSSR count). The van der Waals surface area contributed by atoms with Crippen LogP contribution in [0.3, 0.4) is 0 Å². The minimum Gasteiger partial charge on any atom is -0.394 e. The van der Waals surface area contributed by atoms with E-state index in [-0.39, 0.29) is 37.4 Å². The number of hydrogen-bond donors (Lipinski definition) is 15. The molecule has 31 nitrogen and oxygen atoms in total. The summed E-state index contributed by atoms with van der Waals surface area (Å²) >= 11 is 0.989. The largest absolute Gasteiger partial charge is 0.394 e. The van der Waals surface area contributed by atoms with Crippen LogP contribution in [0.25, 0.3) is 10.9 Å². The molecule has 93 heavy (non-hydrogen) atoms. The van der Waals surface area contributed by atoms with Crippen molar-refractivity contribution >= 4 is 111 Å². The first-order chi connectivity index (χ1) is 44.2. The summed E-state index contributed by atoms with van der Waals surface area (Å²) in [6, 6.07) is 1.18. The third-order valence-corrected chi connectivity index (χ3v) is 17.6. The van der Waals surface area contributed by atoms with Gasteiger partial charge in [-0.2, -0.15) is 0 Å². The molecule has 32 heteroatoms. The summed E-state index contributed by atoms with van der Waals surface area (Å²) in [5.74, 6) is -14.0. The smallest absolute Gasteiger partial charge is 0.253 e. The Hall–Kier alpha value is -9.27. The molecule has 0 spiro atoms. The number of imide groups is 1. The molecule has 5 heterocycles. The molecule has 12 atom stereocenters. The Kier molecular flexibility index (Phi) is 24.7. The van der Waals surface area contributed by atoms with Crippen LogP contribution >= 0.6 is 11.8 Å². The molecule has 4 aliphatic heterocycles. The van der Waals surface area contributed by atoms with Gasteiger partial charge in [0.15, 0.2) is 0 Å². The minimum absolute atomic E-state index is 0.190. The maximum absolute atomic E-state index is 15.0. The van der Waals surface area contributed by atoms with Crippen molar-refractivity contribution in [3.05, 3.63) is 71.8 Å². The number of fused-ring (bicyclic) bond motifs is 5. The van der Waals surface area contributed by atoms with E-state index in [0.717, 1.165) is 33.7 Å². The lowest BCUT2D eigenvalue weighted by Gasteiger charge is -2.33. The van der Waals surface area contributed by atoms with E-state index >= 15 is 4.79 Å². The van der Waals surface area contributed by atoms with Crippen LogP contribution < -0.4 is 58.5 Å². The Morgan fingerprint density at radius 3 is 2.05 bits per heavy atom. The molecule has 3 aromatic rings. The monoisotopic (exact) mass is 1310 g/mol. The highest BCUT2D eigenvalue weighted by atomic mass is 32.2. The lowest BCUT2D eigenvalue weighted by molar-refractivity contribution is -0.144. The highest BCUT2D eigenvalue weighted by Gasteiger charge is 2.45. The molecule has 0 radical (unpaired) electrons.